The zero-order valence-electron chi connectivity index (χ0n) is 16.0. The Hall–Kier alpha value is -0.890. The molecule has 0 N–H and O–H groups in total. The molecule has 0 aromatic heterocycles. The van der Waals surface area contributed by atoms with Crippen molar-refractivity contribution in [1.29, 1.82) is 0 Å². The first-order valence-electron chi connectivity index (χ1n) is 9.80. The quantitative estimate of drug-likeness (QED) is 0.245. The third-order valence-electron chi connectivity index (χ3n) is 3.98. The molecule has 0 heterocycles. The maximum absolute atomic E-state index is 12.9. The predicted molar refractivity (Wildman–Crippen MR) is 108 cm³/mol. The predicted octanol–water partition coefficient (Wildman–Crippen LogP) is 7.09. The number of allylic oxidation sites excluding steroid dienone is 1. The number of benzene rings is 1. The van der Waals surface area contributed by atoms with E-state index in [2.05, 4.69) is 38.1 Å². The molecule has 0 radical (unpaired) electrons. The van der Waals surface area contributed by atoms with Gasteiger partial charge in [-0.05, 0) is 31.2 Å². The zero-order valence-corrected chi connectivity index (χ0v) is 16.9. The molecule has 0 amide bonds. The third kappa shape index (κ3) is 11.4. The van der Waals surface area contributed by atoms with E-state index in [1.807, 2.05) is 18.2 Å². The molecule has 0 aliphatic rings. The van der Waals surface area contributed by atoms with Gasteiger partial charge in [-0.15, -0.1) is 0 Å². The highest BCUT2D eigenvalue weighted by atomic mass is 31.2. The Morgan fingerprint density at radius 3 is 2.04 bits per heavy atom. The monoisotopic (exact) mass is 366 g/mol. The minimum atomic E-state index is -2.95. The third-order valence-corrected chi connectivity index (χ3v) is 6.00. The van der Waals surface area contributed by atoms with Gasteiger partial charge in [-0.25, -0.2) is 0 Å². The standard InChI is InChI=1S/C21H35O3P/c1-3-5-12-18-23-25(22,24-19-13-6-4-2)20-14-8-11-17-21-15-9-7-10-16-21/h7,9-11,15-17H,3-6,8,12-14,18-20H2,1-2H3. The molecular formula is C21H35O3P. The second-order valence-electron chi connectivity index (χ2n) is 6.37. The van der Waals surface area contributed by atoms with Crippen molar-refractivity contribution in [3.05, 3.63) is 42.0 Å². The van der Waals surface area contributed by atoms with E-state index in [1.165, 1.54) is 5.56 Å². The van der Waals surface area contributed by atoms with Gasteiger partial charge in [0.05, 0.1) is 19.4 Å². The molecule has 3 nitrogen and oxygen atoms in total. The van der Waals surface area contributed by atoms with Gasteiger partial charge in [-0.2, -0.15) is 0 Å². The molecule has 0 aliphatic carbocycles. The molecule has 0 spiro atoms. The molecule has 1 rings (SSSR count). The van der Waals surface area contributed by atoms with Crippen molar-refractivity contribution < 1.29 is 13.6 Å². The van der Waals surface area contributed by atoms with Crippen LogP contribution >= 0.6 is 7.60 Å². The van der Waals surface area contributed by atoms with Crippen LogP contribution in [0.2, 0.25) is 0 Å². The summed E-state index contributed by atoms with van der Waals surface area (Å²) in [7, 11) is -2.95. The van der Waals surface area contributed by atoms with Crippen molar-refractivity contribution in [3.8, 4) is 0 Å². The lowest BCUT2D eigenvalue weighted by atomic mass is 10.2. The van der Waals surface area contributed by atoms with Crippen molar-refractivity contribution in [2.24, 2.45) is 0 Å². The maximum atomic E-state index is 12.9. The summed E-state index contributed by atoms with van der Waals surface area (Å²) in [6, 6.07) is 10.2. The minimum Gasteiger partial charge on any atom is -0.309 e. The normalized spacial score (nSPS) is 12.1. The fourth-order valence-electron chi connectivity index (χ4n) is 2.46. The van der Waals surface area contributed by atoms with Crippen LogP contribution in [-0.2, 0) is 13.6 Å². The summed E-state index contributed by atoms with van der Waals surface area (Å²) in [4.78, 5) is 0. The van der Waals surface area contributed by atoms with Gasteiger partial charge in [0.25, 0.3) is 0 Å². The van der Waals surface area contributed by atoms with E-state index in [4.69, 9.17) is 9.05 Å². The summed E-state index contributed by atoms with van der Waals surface area (Å²) in [5.41, 5.74) is 1.19. The number of hydrogen-bond acceptors (Lipinski definition) is 3. The van der Waals surface area contributed by atoms with Crippen LogP contribution in [0.3, 0.4) is 0 Å². The number of unbranched alkanes of at least 4 members (excludes halogenated alkanes) is 5. The molecule has 0 atom stereocenters. The summed E-state index contributed by atoms with van der Waals surface area (Å²) in [5.74, 6) is 0. The second-order valence-corrected chi connectivity index (χ2v) is 8.56. The van der Waals surface area contributed by atoms with Crippen LogP contribution in [0.15, 0.2) is 36.4 Å². The van der Waals surface area contributed by atoms with Gasteiger partial charge >= 0.3 is 7.60 Å². The number of hydrogen-bond donors (Lipinski definition) is 0. The Labute approximate surface area is 154 Å². The highest BCUT2D eigenvalue weighted by molar-refractivity contribution is 7.53. The Balaban J connectivity index is 2.37. The lowest BCUT2D eigenvalue weighted by molar-refractivity contribution is 0.198. The van der Waals surface area contributed by atoms with Gasteiger partial charge in [0.2, 0.25) is 0 Å². The van der Waals surface area contributed by atoms with Crippen molar-refractivity contribution >= 4 is 13.7 Å². The second kappa shape index (κ2) is 14.3. The molecule has 0 saturated carbocycles. The van der Waals surface area contributed by atoms with Crippen molar-refractivity contribution in [2.45, 2.75) is 65.2 Å². The average molecular weight is 366 g/mol. The van der Waals surface area contributed by atoms with Gasteiger partial charge < -0.3 is 9.05 Å². The summed E-state index contributed by atoms with van der Waals surface area (Å²) in [5, 5.41) is 0. The summed E-state index contributed by atoms with van der Waals surface area (Å²) < 4.78 is 24.3. The average Bonchev–Trinajstić information content (AvgIpc) is 2.63. The Kier molecular flexibility index (Phi) is 12.7. The van der Waals surface area contributed by atoms with Crippen LogP contribution in [0, 0.1) is 0 Å². The lowest BCUT2D eigenvalue weighted by Crippen LogP contribution is -2.03. The van der Waals surface area contributed by atoms with Crippen molar-refractivity contribution in [3.63, 3.8) is 0 Å². The molecule has 142 valence electrons. The molecule has 0 fully saturated rings. The van der Waals surface area contributed by atoms with Crippen LogP contribution < -0.4 is 0 Å². The molecule has 25 heavy (non-hydrogen) atoms. The smallest absolute Gasteiger partial charge is 0.309 e. The molecule has 0 bridgehead atoms. The van der Waals surface area contributed by atoms with E-state index >= 15 is 0 Å². The summed E-state index contributed by atoms with van der Waals surface area (Å²) in [6.07, 6.45) is 12.8. The van der Waals surface area contributed by atoms with Crippen molar-refractivity contribution in [1.82, 2.24) is 0 Å². The van der Waals surface area contributed by atoms with E-state index in [1.54, 1.807) is 0 Å². The molecule has 4 heteroatoms. The SMILES string of the molecule is CCCCCOP(=O)(CCCC=Cc1ccccc1)OCCCCC. The van der Waals surface area contributed by atoms with Crippen LogP contribution in [0.4, 0.5) is 0 Å². The van der Waals surface area contributed by atoms with Gasteiger partial charge in [0.1, 0.15) is 0 Å². The van der Waals surface area contributed by atoms with Gasteiger partial charge in [0, 0.05) is 0 Å². The fourth-order valence-corrected chi connectivity index (χ4v) is 4.18. The Morgan fingerprint density at radius 1 is 0.880 bits per heavy atom. The molecule has 0 aliphatic heterocycles. The molecular weight excluding hydrogens is 331 g/mol. The Bertz CT molecular complexity index is 483. The first-order valence-corrected chi connectivity index (χ1v) is 11.5. The van der Waals surface area contributed by atoms with Crippen LogP contribution in [-0.4, -0.2) is 19.4 Å². The lowest BCUT2D eigenvalue weighted by Gasteiger charge is -2.18. The minimum absolute atomic E-state index is 0.504. The highest BCUT2D eigenvalue weighted by Crippen LogP contribution is 2.49. The molecule has 1 aromatic rings. The van der Waals surface area contributed by atoms with E-state index in [0.29, 0.717) is 19.4 Å². The van der Waals surface area contributed by atoms with E-state index < -0.39 is 7.60 Å². The largest absolute Gasteiger partial charge is 0.330 e. The zero-order chi connectivity index (χ0) is 18.2. The number of rotatable bonds is 15. The topological polar surface area (TPSA) is 35.5 Å². The first kappa shape index (κ1) is 22.2. The van der Waals surface area contributed by atoms with Crippen LogP contribution in [0.1, 0.15) is 70.8 Å². The summed E-state index contributed by atoms with van der Waals surface area (Å²) >= 11 is 0. The summed E-state index contributed by atoms with van der Waals surface area (Å²) in [6.45, 7) is 5.39. The van der Waals surface area contributed by atoms with Crippen LogP contribution in [0.5, 0.6) is 0 Å². The molecule has 1 aromatic carbocycles. The Morgan fingerprint density at radius 2 is 1.48 bits per heavy atom. The van der Waals surface area contributed by atoms with E-state index in [-0.39, 0.29) is 0 Å². The highest BCUT2D eigenvalue weighted by Gasteiger charge is 2.23. The fraction of sp³-hybridized carbons (Fsp3) is 0.619. The van der Waals surface area contributed by atoms with Gasteiger partial charge in [-0.1, -0.05) is 82.0 Å². The molecule has 0 unspecified atom stereocenters. The van der Waals surface area contributed by atoms with Crippen molar-refractivity contribution in [2.75, 3.05) is 19.4 Å². The van der Waals surface area contributed by atoms with E-state index in [0.717, 1.165) is 51.4 Å². The van der Waals surface area contributed by atoms with E-state index in [9.17, 15) is 4.57 Å². The van der Waals surface area contributed by atoms with Crippen LogP contribution in [0.25, 0.3) is 6.08 Å². The maximum Gasteiger partial charge on any atom is 0.330 e. The first-order chi connectivity index (χ1) is 12.2. The van der Waals surface area contributed by atoms with Gasteiger partial charge in [-0.3, -0.25) is 4.57 Å². The molecule has 0 saturated heterocycles. The van der Waals surface area contributed by atoms with Gasteiger partial charge in [0.15, 0.2) is 0 Å².